The lowest BCUT2D eigenvalue weighted by Crippen LogP contribution is -2.19. The van der Waals surface area contributed by atoms with E-state index < -0.39 is 0 Å². The Bertz CT molecular complexity index is 522. The van der Waals surface area contributed by atoms with Crippen LogP contribution in [0.5, 0.6) is 0 Å². The minimum absolute atomic E-state index is 0.300. The van der Waals surface area contributed by atoms with Gasteiger partial charge < -0.3 is 14.6 Å². The zero-order valence-electron chi connectivity index (χ0n) is 11.8. The Morgan fingerprint density at radius 3 is 2.74 bits per heavy atom. The molecule has 5 heteroatoms. The molecule has 2 rings (SSSR count). The lowest BCUT2D eigenvalue weighted by atomic mass is 10.2. The van der Waals surface area contributed by atoms with Crippen molar-refractivity contribution in [1.82, 2.24) is 9.97 Å². The molecule has 0 aliphatic rings. The van der Waals surface area contributed by atoms with Crippen LogP contribution in [-0.4, -0.2) is 24.1 Å². The molecule has 0 saturated carbocycles. The van der Waals surface area contributed by atoms with Crippen molar-refractivity contribution in [2.24, 2.45) is 0 Å². The summed E-state index contributed by atoms with van der Waals surface area (Å²) < 4.78 is 5.09. The molecule has 0 aliphatic heterocycles. The number of nitrogens with one attached hydrogen (secondary N) is 1. The highest BCUT2D eigenvalue weighted by atomic mass is 16.3. The summed E-state index contributed by atoms with van der Waals surface area (Å²) in [5.41, 5.74) is 1.12. The van der Waals surface area contributed by atoms with Crippen molar-refractivity contribution in [3.8, 4) is 0 Å². The number of hydrogen-bond donors (Lipinski definition) is 1. The Morgan fingerprint density at radius 2 is 2.16 bits per heavy atom. The maximum Gasteiger partial charge on any atom is 0.135 e. The molecule has 0 amide bonds. The van der Waals surface area contributed by atoms with Crippen LogP contribution < -0.4 is 10.2 Å². The summed E-state index contributed by atoms with van der Waals surface area (Å²) in [6.07, 6.45) is 3.43. The lowest BCUT2D eigenvalue weighted by molar-refractivity contribution is 0.563. The Morgan fingerprint density at radius 1 is 1.37 bits per heavy atom. The van der Waals surface area contributed by atoms with Crippen molar-refractivity contribution in [3.05, 3.63) is 36.0 Å². The number of anilines is 2. The van der Waals surface area contributed by atoms with Crippen LogP contribution in [0.4, 0.5) is 11.6 Å². The molecule has 2 aromatic rings. The third-order valence-electron chi connectivity index (χ3n) is 2.89. The Labute approximate surface area is 113 Å². The van der Waals surface area contributed by atoms with E-state index in [1.807, 2.05) is 26.2 Å². The molecule has 0 atom stereocenters. The van der Waals surface area contributed by atoms with E-state index in [1.165, 1.54) is 0 Å². The van der Waals surface area contributed by atoms with E-state index in [0.717, 1.165) is 29.6 Å². The van der Waals surface area contributed by atoms with Gasteiger partial charge in [-0.25, -0.2) is 9.97 Å². The van der Waals surface area contributed by atoms with Crippen LogP contribution in [0.3, 0.4) is 0 Å². The van der Waals surface area contributed by atoms with Crippen LogP contribution >= 0.6 is 0 Å². The second kappa shape index (κ2) is 5.73. The van der Waals surface area contributed by atoms with Gasteiger partial charge in [0.25, 0.3) is 0 Å². The Hall–Kier alpha value is -2.04. The number of nitrogens with zero attached hydrogens (tertiary/aromatic N) is 3. The van der Waals surface area contributed by atoms with Gasteiger partial charge in [-0.1, -0.05) is 13.8 Å². The first-order valence-electron chi connectivity index (χ1n) is 6.39. The van der Waals surface area contributed by atoms with E-state index in [4.69, 9.17) is 4.42 Å². The average Bonchev–Trinajstić information content (AvgIpc) is 2.90. The topological polar surface area (TPSA) is 54.2 Å². The van der Waals surface area contributed by atoms with Crippen molar-refractivity contribution in [3.63, 3.8) is 0 Å². The zero-order chi connectivity index (χ0) is 13.8. The lowest BCUT2D eigenvalue weighted by Gasteiger charge is -2.19. The molecule has 19 heavy (non-hydrogen) atoms. The minimum atomic E-state index is 0.300. The predicted octanol–water partition coefficient (Wildman–Crippen LogP) is 2.87. The standard InChI is InChI=1S/C14H20N4O/c1-10(2)14-16-12(15-3)7-13(17-14)18(4)8-11-5-6-19-9-11/h5-7,9-10H,8H2,1-4H3,(H,15,16,17). The Kier molecular flexibility index (Phi) is 4.04. The quantitative estimate of drug-likeness (QED) is 0.895. The van der Waals surface area contributed by atoms with E-state index in [-0.39, 0.29) is 0 Å². The summed E-state index contributed by atoms with van der Waals surface area (Å²) in [6.45, 7) is 4.94. The van der Waals surface area contributed by atoms with E-state index >= 15 is 0 Å². The average molecular weight is 260 g/mol. The molecule has 102 valence electrons. The monoisotopic (exact) mass is 260 g/mol. The predicted molar refractivity (Wildman–Crippen MR) is 76.5 cm³/mol. The summed E-state index contributed by atoms with van der Waals surface area (Å²) in [7, 11) is 3.88. The molecule has 0 aliphatic carbocycles. The molecule has 0 aromatic carbocycles. The first-order chi connectivity index (χ1) is 9.10. The van der Waals surface area contributed by atoms with E-state index in [9.17, 15) is 0 Å². The zero-order valence-corrected chi connectivity index (χ0v) is 11.8. The fourth-order valence-corrected chi connectivity index (χ4v) is 1.77. The van der Waals surface area contributed by atoms with Gasteiger partial charge in [-0.3, -0.25) is 0 Å². The van der Waals surface area contributed by atoms with Gasteiger partial charge in [0, 0.05) is 38.2 Å². The number of rotatable bonds is 5. The van der Waals surface area contributed by atoms with Gasteiger partial charge >= 0.3 is 0 Å². The summed E-state index contributed by atoms with van der Waals surface area (Å²) in [4.78, 5) is 11.2. The fraction of sp³-hybridized carbons (Fsp3) is 0.429. The third-order valence-corrected chi connectivity index (χ3v) is 2.89. The number of furan rings is 1. The van der Waals surface area contributed by atoms with Crippen LogP contribution in [0.15, 0.2) is 29.1 Å². The van der Waals surface area contributed by atoms with Gasteiger partial charge in [0.2, 0.25) is 0 Å². The fourth-order valence-electron chi connectivity index (χ4n) is 1.77. The summed E-state index contributed by atoms with van der Waals surface area (Å²) in [6, 6.07) is 3.91. The molecule has 2 heterocycles. The van der Waals surface area contributed by atoms with Crippen LogP contribution in [0, 0.1) is 0 Å². The molecule has 0 radical (unpaired) electrons. The maximum absolute atomic E-state index is 5.09. The van der Waals surface area contributed by atoms with Gasteiger partial charge in [-0.05, 0) is 6.07 Å². The molecular formula is C14H20N4O. The highest BCUT2D eigenvalue weighted by molar-refractivity contribution is 5.49. The van der Waals surface area contributed by atoms with Gasteiger partial charge in [-0.15, -0.1) is 0 Å². The molecule has 0 spiro atoms. The molecule has 0 saturated heterocycles. The number of hydrogen-bond acceptors (Lipinski definition) is 5. The van der Waals surface area contributed by atoms with Gasteiger partial charge in [0.1, 0.15) is 17.5 Å². The third kappa shape index (κ3) is 3.24. The molecule has 1 N–H and O–H groups in total. The molecule has 0 bridgehead atoms. The highest BCUT2D eigenvalue weighted by Gasteiger charge is 2.11. The number of aromatic nitrogens is 2. The van der Waals surface area contributed by atoms with Crippen molar-refractivity contribution < 1.29 is 4.42 Å². The van der Waals surface area contributed by atoms with Crippen LogP contribution in [-0.2, 0) is 6.54 Å². The molecule has 0 unspecified atom stereocenters. The first-order valence-corrected chi connectivity index (χ1v) is 6.39. The SMILES string of the molecule is CNc1cc(N(C)Cc2ccoc2)nc(C(C)C)n1. The van der Waals surface area contributed by atoms with Crippen LogP contribution in [0.2, 0.25) is 0 Å². The smallest absolute Gasteiger partial charge is 0.135 e. The molecular weight excluding hydrogens is 240 g/mol. The summed E-state index contributed by atoms with van der Waals surface area (Å²) >= 11 is 0. The van der Waals surface area contributed by atoms with E-state index in [2.05, 4.69) is 34.0 Å². The second-order valence-electron chi connectivity index (χ2n) is 4.86. The van der Waals surface area contributed by atoms with Crippen LogP contribution in [0.1, 0.15) is 31.2 Å². The van der Waals surface area contributed by atoms with Crippen molar-refractivity contribution in [1.29, 1.82) is 0 Å². The highest BCUT2D eigenvalue weighted by Crippen LogP contribution is 2.20. The van der Waals surface area contributed by atoms with E-state index in [1.54, 1.807) is 12.5 Å². The van der Waals surface area contributed by atoms with Crippen molar-refractivity contribution in [2.75, 3.05) is 24.3 Å². The molecule has 0 fully saturated rings. The van der Waals surface area contributed by atoms with Crippen molar-refractivity contribution in [2.45, 2.75) is 26.3 Å². The van der Waals surface area contributed by atoms with E-state index in [0.29, 0.717) is 5.92 Å². The van der Waals surface area contributed by atoms with Gasteiger partial charge in [0.15, 0.2) is 0 Å². The molecule has 5 nitrogen and oxygen atoms in total. The van der Waals surface area contributed by atoms with Gasteiger partial charge in [-0.2, -0.15) is 0 Å². The first kappa shape index (κ1) is 13.4. The van der Waals surface area contributed by atoms with Crippen LogP contribution in [0.25, 0.3) is 0 Å². The van der Waals surface area contributed by atoms with Crippen molar-refractivity contribution >= 4 is 11.6 Å². The summed E-state index contributed by atoms with van der Waals surface area (Å²) in [5.74, 6) is 2.90. The second-order valence-corrected chi connectivity index (χ2v) is 4.86. The largest absolute Gasteiger partial charge is 0.472 e. The summed E-state index contributed by atoms with van der Waals surface area (Å²) in [5, 5.41) is 3.08. The van der Waals surface area contributed by atoms with Gasteiger partial charge in [0.05, 0.1) is 12.5 Å². The Balaban J connectivity index is 2.24. The minimum Gasteiger partial charge on any atom is -0.472 e. The maximum atomic E-state index is 5.09. The molecule has 2 aromatic heterocycles. The normalized spacial score (nSPS) is 10.8.